The highest BCUT2D eigenvalue weighted by Crippen LogP contribution is 2.23. The first kappa shape index (κ1) is 26.3. The molecule has 0 N–H and O–H groups in total. The number of para-hydroxylation sites is 1. The van der Waals surface area contributed by atoms with E-state index in [-0.39, 0.29) is 17.2 Å². The van der Waals surface area contributed by atoms with Gasteiger partial charge in [-0.3, -0.25) is 19.5 Å². The molecule has 2 aromatic heterocycles. The summed E-state index contributed by atoms with van der Waals surface area (Å²) in [4.78, 5) is 28.8. The van der Waals surface area contributed by atoms with Crippen LogP contribution in [-0.2, 0) is 0 Å². The molecule has 204 valence electrons. The number of rotatable bonds is 5. The average Bonchev–Trinajstić information content (AvgIpc) is 3.49. The zero-order valence-corrected chi connectivity index (χ0v) is 22.7. The van der Waals surface area contributed by atoms with Crippen LogP contribution < -0.4 is 10.3 Å². The van der Waals surface area contributed by atoms with Crippen LogP contribution >= 0.6 is 0 Å². The zero-order valence-electron chi connectivity index (χ0n) is 22.7. The van der Waals surface area contributed by atoms with Crippen molar-refractivity contribution in [2.45, 2.75) is 6.92 Å². The lowest BCUT2D eigenvalue weighted by Gasteiger charge is -2.14. The molecule has 6 aromatic rings. The van der Waals surface area contributed by atoms with Crippen LogP contribution in [0.3, 0.4) is 0 Å². The molecule has 0 aliphatic rings. The molecule has 42 heavy (non-hydrogen) atoms. The van der Waals surface area contributed by atoms with Gasteiger partial charge in [-0.1, -0.05) is 36.1 Å². The molecular weight excluding hydrogens is 530 g/mol. The number of nitrogens with zero attached hydrogens (tertiary/aromatic N) is 3. The second-order valence-electron chi connectivity index (χ2n) is 9.57. The van der Waals surface area contributed by atoms with Gasteiger partial charge in [0, 0.05) is 11.1 Å². The summed E-state index contributed by atoms with van der Waals surface area (Å²) in [6, 6.07) is 27.5. The largest absolute Gasteiger partial charge is 0.497 e. The predicted molar refractivity (Wildman–Crippen MR) is 163 cm³/mol. The Morgan fingerprint density at radius 3 is 2.40 bits per heavy atom. The van der Waals surface area contributed by atoms with Crippen LogP contribution in [0.15, 0.2) is 100 Å². The number of nitro groups is 1. The Labute approximate surface area is 240 Å². The number of aryl methyl sites for hydroxylation is 1. The third-order valence-electron chi connectivity index (χ3n) is 6.83. The van der Waals surface area contributed by atoms with Gasteiger partial charge in [0.25, 0.3) is 5.56 Å². The van der Waals surface area contributed by atoms with Crippen LogP contribution in [0.25, 0.3) is 39.5 Å². The number of hydrogen-bond donors (Lipinski definition) is 0. The number of benzene rings is 4. The molecule has 0 radical (unpaired) electrons. The number of hydrogen-bond acceptors (Lipinski definition) is 6. The Morgan fingerprint density at radius 2 is 1.64 bits per heavy atom. The Hall–Kier alpha value is -5.94. The summed E-state index contributed by atoms with van der Waals surface area (Å²) >= 11 is 0. The molecule has 0 fully saturated rings. The molecule has 2 heterocycles. The third kappa shape index (κ3) is 5.15. The number of ether oxygens (including phenoxy) is 1. The van der Waals surface area contributed by atoms with E-state index in [0.717, 1.165) is 33.2 Å². The molecule has 0 amide bonds. The van der Waals surface area contributed by atoms with Crippen molar-refractivity contribution in [3.05, 3.63) is 140 Å². The van der Waals surface area contributed by atoms with Crippen LogP contribution in [0.2, 0.25) is 0 Å². The quantitative estimate of drug-likeness (QED) is 0.130. The van der Waals surface area contributed by atoms with E-state index in [1.807, 2.05) is 67.6 Å². The molecule has 0 aliphatic heterocycles. The summed E-state index contributed by atoms with van der Waals surface area (Å²) < 4.78 is 12.1. The van der Waals surface area contributed by atoms with Gasteiger partial charge in [-0.2, -0.15) is 0 Å². The Bertz CT molecular complexity index is 2160. The predicted octanol–water partition coefficient (Wildman–Crippen LogP) is 6.93. The summed E-state index contributed by atoms with van der Waals surface area (Å²) in [5.74, 6) is 7.52. The first-order valence-electron chi connectivity index (χ1n) is 13.0. The molecule has 8 heteroatoms. The topological polar surface area (TPSA) is 100 Å². The van der Waals surface area contributed by atoms with Gasteiger partial charge in [0.15, 0.2) is 0 Å². The van der Waals surface area contributed by atoms with Gasteiger partial charge < -0.3 is 9.15 Å². The van der Waals surface area contributed by atoms with Crippen molar-refractivity contribution in [2.24, 2.45) is 0 Å². The summed E-state index contributed by atoms with van der Waals surface area (Å²) in [6.45, 7) is 1.91. The van der Waals surface area contributed by atoms with Gasteiger partial charge in [0.2, 0.25) is 0 Å². The van der Waals surface area contributed by atoms with Gasteiger partial charge in [-0.05, 0) is 96.1 Å². The molecule has 0 atom stereocenters. The van der Waals surface area contributed by atoms with E-state index >= 15 is 0 Å². The van der Waals surface area contributed by atoms with Crippen molar-refractivity contribution in [1.82, 2.24) is 9.55 Å². The molecule has 4 aromatic carbocycles. The fraction of sp³-hybridized carbons (Fsp3) is 0.0588. The monoisotopic (exact) mass is 553 g/mol. The van der Waals surface area contributed by atoms with Crippen molar-refractivity contribution in [3.63, 3.8) is 0 Å². The zero-order chi connectivity index (χ0) is 29.2. The van der Waals surface area contributed by atoms with E-state index in [1.54, 1.807) is 37.5 Å². The molecule has 0 saturated heterocycles. The molecule has 0 bridgehead atoms. The van der Waals surface area contributed by atoms with Crippen molar-refractivity contribution < 1.29 is 14.1 Å². The lowest BCUT2D eigenvalue weighted by atomic mass is 10.1. The summed E-state index contributed by atoms with van der Waals surface area (Å²) in [5, 5.41) is 13.6. The fourth-order valence-electron chi connectivity index (χ4n) is 4.74. The highest BCUT2D eigenvalue weighted by Gasteiger charge is 2.14. The highest BCUT2D eigenvalue weighted by atomic mass is 16.6. The smallest absolute Gasteiger partial charge is 0.433 e. The maximum atomic E-state index is 13.7. The molecule has 0 saturated carbocycles. The van der Waals surface area contributed by atoms with Crippen molar-refractivity contribution in [3.8, 4) is 23.3 Å². The molecule has 6 rings (SSSR count). The van der Waals surface area contributed by atoms with Crippen LogP contribution in [0.1, 0.15) is 28.3 Å². The molecule has 0 aliphatic carbocycles. The number of methoxy groups -OCH3 is 1. The Balaban J connectivity index is 1.38. The van der Waals surface area contributed by atoms with Gasteiger partial charge in [-0.15, -0.1) is 0 Å². The Kier molecular flexibility index (Phi) is 6.83. The second kappa shape index (κ2) is 10.9. The van der Waals surface area contributed by atoms with Crippen LogP contribution in [0.5, 0.6) is 5.75 Å². The van der Waals surface area contributed by atoms with Crippen LogP contribution in [-0.4, -0.2) is 21.6 Å². The number of aromatic nitrogens is 2. The number of fused-ring (bicyclic) bond motifs is 2. The van der Waals surface area contributed by atoms with Crippen molar-refractivity contribution >= 4 is 39.7 Å². The summed E-state index contributed by atoms with van der Waals surface area (Å²) in [6.07, 6.45) is 3.16. The maximum Gasteiger partial charge on any atom is 0.433 e. The van der Waals surface area contributed by atoms with E-state index in [9.17, 15) is 14.9 Å². The van der Waals surface area contributed by atoms with Crippen LogP contribution in [0, 0.1) is 28.9 Å². The van der Waals surface area contributed by atoms with E-state index < -0.39 is 4.92 Å². The van der Waals surface area contributed by atoms with Crippen molar-refractivity contribution in [2.75, 3.05) is 7.11 Å². The molecular formula is C34H23N3O5. The number of furan rings is 1. The van der Waals surface area contributed by atoms with Gasteiger partial charge >= 0.3 is 5.88 Å². The SMILES string of the molecule is COc1ccc2cc(C#Cc3ccc(-n4c(C=Cc5ccc([N+](=O)[O-])o5)nc5ccccc5c4=O)c(C)c3)ccc2c1. The minimum Gasteiger partial charge on any atom is -0.497 e. The standard InChI is InChI=1S/C34H23N3O5/c1-22-19-23(7-8-24-9-11-26-21-28(41-2)13-12-25(26)20-24)10-16-31(22)36-32(17-14-27-15-18-33(42-27)37(39)40)35-30-6-4-3-5-29(30)34(36)38/h3-6,9-21H,1-2H3. The van der Waals surface area contributed by atoms with Gasteiger partial charge in [0.1, 0.15) is 22.3 Å². The summed E-state index contributed by atoms with van der Waals surface area (Å²) in [5.41, 5.74) is 3.46. The average molecular weight is 554 g/mol. The minimum atomic E-state index is -0.604. The second-order valence-corrected chi connectivity index (χ2v) is 9.57. The first-order valence-corrected chi connectivity index (χ1v) is 13.0. The van der Waals surface area contributed by atoms with E-state index in [1.165, 1.54) is 16.7 Å². The third-order valence-corrected chi connectivity index (χ3v) is 6.83. The van der Waals surface area contributed by atoms with Gasteiger partial charge in [0.05, 0.1) is 29.8 Å². The maximum absolute atomic E-state index is 13.7. The highest BCUT2D eigenvalue weighted by molar-refractivity contribution is 5.85. The first-order chi connectivity index (χ1) is 20.4. The fourth-order valence-corrected chi connectivity index (χ4v) is 4.74. The summed E-state index contributed by atoms with van der Waals surface area (Å²) in [7, 11) is 1.65. The lowest BCUT2D eigenvalue weighted by Crippen LogP contribution is -2.23. The lowest BCUT2D eigenvalue weighted by molar-refractivity contribution is -0.402. The minimum absolute atomic E-state index is 0.236. The normalized spacial score (nSPS) is 11.1. The molecule has 8 nitrogen and oxygen atoms in total. The van der Waals surface area contributed by atoms with E-state index in [0.29, 0.717) is 22.4 Å². The van der Waals surface area contributed by atoms with Gasteiger partial charge in [-0.25, -0.2) is 4.98 Å². The molecule has 0 unspecified atom stereocenters. The van der Waals surface area contributed by atoms with Crippen LogP contribution in [0.4, 0.5) is 5.88 Å². The van der Waals surface area contributed by atoms with E-state index in [4.69, 9.17) is 14.1 Å². The molecule has 0 spiro atoms. The van der Waals surface area contributed by atoms with E-state index in [2.05, 4.69) is 11.8 Å². The Morgan fingerprint density at radius 1 is 0.905 bits per heavy atom. The van der Waals surface area contributed by atoms with Crippen molar-refractivity contribution in [1.29, 1.82) is 0 Å².